The molecule has 214 valence electrons. The van der Waals surface area contributed by atoms with Crippen molar-refractivity contribution in [3.8, 4) is 16.9 Å². The van der Waals surface area contributed by atoms with E-state index in [1.807, 2.05) is 24.8 Å². The second-order valence-corrected chi connectivity index (χ2v) is 9.78. The molecule has 0 atom stereocenters. The van der Waals surface area contributed by atoms with Crippen LogP contribution in [0, 0.1) is 6.92 Å². The molecule has 2 aromatic heterocycles. The Morgan fingerprint density at radius 3 is 2.46 bits per heavy atom. The molecule has 1 aliphatic heterocycles. The highest BCUT2D eigenvalue weighted by Gasteiger charge is 2.34. The summed E-state index contributed by atoms with van der Waals surface area (Å²) < 4.78 is 43.5. The highest BCUT2D eigenvalue weighted by Crippen LogP contribution is 2.42. The Morgan fingerprint density at radius 1 is 1.05 bits per heavy atom. The first kappa shape index (κ1) is 27.9. The van der Waals surface area contributed by atoms with Crippen molar-refractivity contribution in [2.45, 2.75) is 20.0 Å². The van der Waals surface area contributed by atoms with Crippen molar-refractivity contribution >= 4 is 29.0 Å². The van der Waals surface area contributed by atoms with Crippen LogP contribution in [0.2, 0.25) is 0 Å². The zero-order chi connectivity index (χ0) is 29.3. The Morgan fingerprint density at radius 2 is 1.80 bits per heavy atom. The Labute approximate surface area is 234 Å². The van der Waals surface area contributed by atoms with Crippen LogP contribution in [0.1, 0.15) is 28.4 Å². The quantitative estimate of drug-likeness (QED) is 0.304. The van der Waals surface area contributed by atoms with Crippen molar-refractivity contribution in [1.82, 2.24) is 24.4 Å². The highest BCUT2D eigenvalue weighted by molar-refractivity contribution is 6.04. The smallest absolute Gasteiger partial charge is 0.384 e. The van der Waals surface area contributed by atoms with Crippen molar-refractivity contribution < 1.29 is 18.0 Å². The third-order valence-electron chi connectivity index (χ3n) is 7.20. The normalized spacial score (nSPS) is 14.3. The monoisotopic (exact) mass is 565 g/mol. The number of benzene rings is 2. The molecule has 1 amide bonds. The lowest BCUT2D eigenvalue weighted by Crippen LogP contribution is -2.46. The number of amides is 1. The third kappa shape index (κ3) is 5.80. The Hall–Kier alpha value is -4.65. The van der Waals surface area contributed by atoms with Gasteiger partial charge in [-0.05, 0) is 42.8 Å². The van der Waals surface area contributed by atoms with Crippen molar-refractivity contribution in [2.24, 2.45) is 5.73 Å². The molecule has 3 heterocycles. The van der Waals surface area contributed by atoms with Crippen molar-refractivity contribution in [1.29, 1.82) is 0 Å². The fourth-order valence-electron chi connectivity index (χ4n) is 4.95. The molecule has 0 saturated carbocycles. The maximum Gasteiger partial charge on any atom is 0.416 e. The number of carbonyl (C=O) groups excluding carboxylic acids is 1. The zero-order valence-electron chi connectivity index (χ0n) is 22.6. The first-order chi connectivity index (χ1) is 19.5. The molecule has 0 spiro atoms. The minimum absolute atomic E-state index is 0.194. The first-order valence-corrected chi connectivity index (χ1v) is 13.1. The predicted molar refractivity (Wildman–Crippen MR) is 151 cm³/mol. The Bertz CT molecular complexity index is 1580. The number of nitrogens with one attached hydrogen (secondary N) is 1. The van der Waals surface area contributed by atoms with E-state index in [0.29, 0.717) is 66.3 Å². The van der Waals surface area contributed by atoms with Crippen LogP contribution in [0.3, 0.4) is 0 Å². The van der Waals surface area contributed by atoms with Gasteiger partial charge in [-0.3, -0.25) is 9.36 Å². The number of nitrogens with two attached hydrogens (primary N) is 2. The molecule has 1 fully saturated rings. The summed E-state index contributed by atoms with van der Waals surface area (Å²) in [7, 11) is 0. The number of likely N-dealkylation sites (N-methyl/N-ethyl adjacent to an activating group) is 1. The second kappa shape index (κ2) is 11.1. The number of hydrogen-bond acceptors (Lipinski definition) is 8. The average Bonchev–Trinajstić information content (AvgIpc) is 3.41. The van der Waals surface area contributed by atoms with Gasteiger partial charge in [0.25, 0.3) is 0 Å². The summed E-state index contributed by atoms with van der Waals surface area (Å²) in [5.41, 5.74) is 13.1. The number of halogens is 3. The van der Waals surface area contributed by atoms with E-state index in [4.69, 9.17) is 11.5 Å². The summed E-state index contributed by atoms with van der Waals surface area (Å²) in [6, 6.07) is 8.94. The number of aryl methyl sites for hydroxylation is 1. The van der Waals surface area contributed by atoms with Gasteiger partial charge in [0.15, 0.2) is 0 Å². The lowest BCUT2D eigenvalue weighted by atomic mass is 9.92. The SMILES string of the molecule is CCN1CCN(c2cc(C(F)(F)F)cc(C(N)=O)c2-c2ccc(C)c(Nc3nccn3-c3cc(N)ncn3)c2)CC1. The van der Waals surface area contributed by atoms with Crippen LogP contribution in [0.4, 0.5) is 36.3 Å². The van der Waals surface area contributed by atoms with Crippen LogP contribution in [0.25, 0.3) is 16.9 Å². The molecule has 5 rings (SSSR count). The fourth-order valence-corrected chi connectivity index (χ4v) is 4.95. The van der Waals surface area contributed by atoms with E-state index < -0.39 is 17.6 Å². The van der Waals surface area contributed by atoms with Gasteiger partial charge in [-0.1, -0.05) is 19.1 Å². The maximum absolute atomic E-state index is 13.9. The van der Waals surface area contributed by atoms with Crippen LogP contribution in [0.15, 0.2) is 55.1 Å². The molecule has 4 aromatic rings. The molecule has 41 heavy (non-hydrogen) atoms. The van der Waals surface area contributed by atoms with E-state index in [0.717, 1.165) is 24.2 Å². The second-order valence-electron chi connectivity index (χ2n) is 9.78. The number of primary amides is 1. The standard InChI is InChI=1S/C28H30F3N9O/c1-3-38-8-10-39(11-9-38)22-14-19(28(29,30)31)13-20(26(33)41)25(22)18-5-4-17(2)21(12-18)37-27-34-6-7-40(27)24-15-23(32)35-16-36-24/h4-7,12-16H,3,8-11H2,1-2H3,(H2,33,41)(H,34,37)(H2,32,35,36). The molecule has 5 N–H and O–H groups in total. The molecule has 0 radical (unpaired) electrons. The summed E-state index contributed by atoms with van der Waals surface area (Å²) >= 11 is 0. The van der Waals surface area contributed by atoms with Crippen LogP contribution in [0.5, 0.6) is 0 Å². The molecular weight excluding hydrogens is 535 g/mol. The molecule has 2 aromatic carbocycles. The minimum Gasteiger partial charge on any atom is -0.384 e. The lowest BCUT2D eigenvalue weighted by Gasteiger charge is -2.37. The van der Waals surface area contributed by atoms with E-state index >= 15 is 0 Å². The van der Waals surface area contributed by atoms with Crippen LogP contribution >= 0.6 is 0 Å². The lowest BCUT2D eigenvalue weighted by molar-refractivity contribution is -0.137. The van der Waals surface area contributed by atoms with E-state index in [1.165, 1.54) is 6.33 Å². The molecule has 0 aliphatic carbocycles. The van der Waals surface area contributed by atoms with Crippen LogP contribution in [-0.2, 0) is 6.18 Å². The number of piperazine rings is 1. The summed E-state index contributed by atoms with van der Waals surface area (Å²) in [6.45, 7) is 7.18. The summed E-state index contributed by atoms with van der Waals surface area (Å²) in [5, 5.41) is 3.28. The van der Waals surface area contributed by atoms with Gasteiger partial charge in [0, 0.05) is 67.1 Å². The number of hydrogen-bond donors (Lipinski definition) is 3. The van der Waals surface area contributed by atoms with E-state index in [2.05, 4.69) is 25.2 Å². The third-order valence-corrected chi connectivity index (χ3v) is 7.20. The van der Waals surface area contributed by atoms with Gasteiger partial charge in [0.05, 0.1) is 5.56 Å². The molecule has 0 unspecified atom stereocenters. The van der Waals surface area contributed by atoms with Gasteiger partial charge < -0.3 is 26.6 Å². The van der Waals surface area contributed by atoms with Gasteiger partial charge in [-0.25, -0.2) is 15.0 Å². The number of carbonyl (C=O) groups is 1. The summed E-state index contributed by atoms with van der Waals surface area (Å²) in [6.07, 6.45) is -0.00433. The number of nitrogens with zero attached hydrogens (tertiary/aromatic N) is 6. The Kier molecular flexibility index (Phi) is 7.54. The molecule has 10 nitrogen and oxygen atoms in total. The maximum atomic E-state index is 13.9. The minimum atomic E-state index is -4.65. The number of alkyl halides is 3. The molecule has 1 aliphatic rings. The topological polar surface area (TPSA) is 131 Å². The van der Waals surface area contributed by atoms with E-state index in [1.54, 1.807) is 35.2 Å². The number of nitrogen functional groups attached to an aromatic ring is 1. The fraction of sp³-hybridized carbons (Fsp3) is 0.286. The van der Waals surface area contributed by atoms with Gasteiger partial charge >= 0.3 is 6.18 Å². The zero-order valence-corrected chi connectivity index (χ0v) is 22.6. The van der Waals surface area contributed by atoms with Crippen molar-refractivity contribution in [2.75, 3.05) is 48.7 Å². The van der Waals surface area contributed by atoms with Crippen LogP contribution in [-0.4, -0.2) is 63.0 Å². The first-order valence-electron chi connectivity index (χ1n) is 13.1. The van der Waals surface area contributed by atoms with Gasteiger partial charge in [0.1, 0.15) is 18.0 Å². The summed E-state index contributed by atoms with van der Waals surface area (Å²) in [5.74, 6) is 0.285. The Balaban J connectivity index is 1.61. The average molecular weight is 566 g/mol. The molecule has 13 heteroatoms. The number of anilines is 4. The number of rotatable bonds is 7. The molecule has 1 saturated heterocycles. The largest absolute Gasteiger partial charge is 0.416 e. The van der Waals surface area contributed by atoms with Crippen molar-refractivity contribution in [3.63, 3.8) is 0 Å². The van der Waals surface area contributed by atoms with Crippen molar-refractivity contribution in [3.05, 3.63) is 71.8 Å². The molecular formula is C28H30F3N9O. The summed E-state index contributed by atoms with van der Waals surface area (Å²) in [4.78, 5) is 29.3. The van der Waals surface area contributed by atoms with Crippen LogP contribution < -0.4 is 21.7 Å². The number of imidazole rings is 1. The van der Waals surface area contributed by atoms with Gasteiger partial charge in [-0.15, -0.1) is 0 Å². The van der Waals surface area contributed by atoms with E-state index in [-0.39, 0.29) is 5.56 Å². The predicted octanol–water partition coefficient (Wildman–Crippen LogP) is 4.22. The van der Waals surface area contributed by atoms with E-state index in [9.17, 15) is 18.0 Å². The highest BCUT2D eigenvalue weighted by atomic mass is 19.4. The van der Waals surface area contributed by atoms with Gasteiger partial charge in [-0.2, -0.15) is 13.2 Å². The molecule has 0 bridgehead atoms. The van der Waals surface area contributed by atoms with Gasteiger partial charge in [0.2, 0.25) is 11.9 Å². The number of aromatic nitrogens is 4.